The van der Waals surface area contributed by atoms with Crippen LogP contribution in [-0.4, -0.2) is 72.9 Å². The van der Waals surface area contributed by atoms with Gasteiger partial charge >= 0.3 is 24.3 Å². The van der Waals surface area contributed by atoms with Crippen molar-refractivity contribution in [1.82, 2.24) is 0 Å². The van der Waals surface area contributed by atoms with Gasteiger partial charge in [-0.2, -0.15) is 26.3 Å². The Morgan fingerprint density at radius 2 is 1.03 bits per heavy atom. The minimum absolute atomic E-state index is 0.0243. The van der Waals surface area contributed by atoms with Gasteiger partial charge in [-0.15, -0.1) is 0 Å². The molecule has 18 heteroatoms. The van der Waals surface area contributed by atoms with Gasteiger partial charge in [0.15, 0.2) is 11.2 Å². The highest BCUT2D eigenvalue weighted by Gasteiger charge is 2.72. The molecule has 0 amide bonds. The lowest BCUT2D eigenvalue weighted by Crippen LogP contribution is -2.67. The number of allylic oxidation sites excluding steroid dienone is 2. The number of hydrogen-bond acceptors (Lipinski definition) is 12. The molecule has 8 fully saturated rings. The molecule has 11 rings (SSSR count). The summed E-state index contributed by atoms with van der Waals surface area (Å²) in [5.41, 5.74) is -4.41. The molecule has 4 unspecified atom stereocenters. The molecule has 0 aromatic heterocycles. The van der Waals surface area contributed by atoms with E-state index in [1.54, 1.807) is 13.8 Å². The van der Waals surface area contributed by atoms with Crippen LogP contribution in [0.2, 0.25) is 0 Å². The number of alkyl halides is 6. The third-order valence-electron chi connectivity index (χ3n) is 13.9. The lowest BCUT2D eigenvalue weighted by atomic mass is 9.59. The summed E-state index contributed by atoms with van der Waals surface area (Å²) in [7, 11) is 0. The summed E-state index contributed by atoms with van der Waals surface area (Å²) in [5.74, 6) is -10.2. The van der Waals surface area contributed by atoms with E-state index in [2.05, 4.69) is 0 Å². The molecule has 58 heavy (non-hydrogen) atoms. The van der Waals surface area contributed by atoms with Crippen LogP contribution in [0, 0.1) is 35.5 Å². The second-order valence-electron chi connectivity index (χ2n) is 17.4. The number of hydrogen-bond donors (Lipinski definition) is 0. The van der Waals surface area contributed by atoms with Crippen LogP contribution in [0.1, 0.15) is 99.8 Å². The van der Waals surface area contributed by atoms with Crippen molar-refractivity contribution in [1.29, 1.82) is 0 Å². The molecule has 0 N–H and O–H groups in total. The van der Waals surface area contributed by atoms with Crippen molar-refractivity contribution in [3.05, 3.63) is 58.1 Å². The molecular weight excluding hydrogens is 786 g/mol. The summed E-state index contributed by atoms with van der Waals surface area (Å²) in [4.78, 5) is 50.7. The van der Waals surface area contributed by atoms with E-state index in [9.17, 15) is 35.9 Å². The first-order chi connectivity index (χ1) is 27.3. The Morgan fingerprint density at radius 1 is 0.638 bits per heavy atom. The largest absolute Gasteiger partial charge is 0.457 e. The van der Waals surface area contributed by atoms with Gasteiger partial charge in [-0.1, -0.05) is 26.0 Å². The van der Waals surface area contributed by atoms with Gasteiger partial charge in [0.05, 0.1) is 11.1 Å². The van der Waals surface area contributed by atoms with Crippen molar-refractivity contribution in [3.8, 4) is 0 Å². The van der Waals surface area contributed by atoms with Crippen molar-refractivity contribution in [2.45, 2.75) is 127 Å². The van der Waals surface area contributed by atoms with Crippen LogP contribution in [0.3, 0.4) is 0 Å². The average molecular weight is 831 g/mol. The lowest BCUT2D eigenvalue weighted by Gasteiger charge is -2.57. The molecule has 2 spiro atoms. The number of rotatable bonds is 6. The summed E-state index contributed by atoms with van der Waals surface area (Å²) in [6, 6.07) is 5.19. The topological polar surface area (TPSA) is 126 Å². The van der Waals surface area contributed by atoms with Crippen LogP contribution in [0.15, 0.2) is 46.9 Å². The van der Waals surface area contributed by atoms with Gasteiger partial charge in [0, 0.05) is 47.7 Å². The molecule has 2 aliphatic carbocycles. The Labute approximate surface area is 329 Å². The van der Waals surface area contributed by atoms with Crippen molar-refractivity contribution in [2.75, 3.05) is 13.2 Å². The van der Waals surface area contributed by atoms with E-state index >= 15 is 0 Å². The number of esters is 2. The van der Waals surface area contributed by atoms with Crippen LogP contribution in [0.25, 0.3) is 0 Å². The fourth-order valence-electron chi connectivity index (χ4n) is 11.1. The highest BCUT2D eigenvalue weighted by molar-refractivity contribution is 6.03. The van der Waals surface area contributed by atoms with Gasteiger partial charge in [0.1, 0.15) is 13.2 Å². The minimum Gasteiger partial charge on any atom is -0.457 e. The van der Waals surface area contributed by atoms with Crippen LogP contribution in [0.4, 0.5) is 26.3 Å². The molecular formula is C40H44F6O12. The highest BCUT2D eigenvalue weighted by Crippen LogP contribution is 2.63. The van der Waals surface area contributed by atoms with E-state index in [0.29, 0.717) is 38.5 Å². The Bertz CT molecular complexity index is 1800. The molecule has 10 aliphatic rings. The van der Waals surface area contributed by atoms with Gasteiger partial charge in [-0.3, -0.25) is 0 Å². The maximum Gasteiger partial charge on any atom is 0.449 e. The van der Waals surface area contributed by atoms with E-state index in [0.717, 1.165) is 0 Å². The summed E-state index contributed by atoms with van der Waals surface area (Å²) < 4.78 is 122. The van der Waals surface area contributed by atoms with E-state index in [-0.39, 0.29) is 58.8 Å². The lowest BCUT2D eigenvalue weighted by molar-refractivity contribution is -0.558. The summed E-state index contributed by atoms with van der Waals surface area (Å²) >= 11 is 0. The number of carbonyl (C=O) groups excluding carboxylic acids is 2. The molecule has 0 radical (unpaired) electrons. The van der Waals surface area contributed by atoms with Gasteiger partial charge < -0.3 is 28.4 Å². The maximum absolute atomic E-state index is 14.7. The number of fused-ring (bicyclic) bond motifs is 4. The second-order valence-corrected chi connectivity index (χ2v) is 17.4. The van der Waals surface area contributed by atoms with Crippen LogP contribution in [0.5, 0.6) is 0 Å². The second kappa shape index (κ2) is 13.5. The average Bonchev–Trinajstić information content (AvgIpc) is 3.54. The van der Waals surface area contributed by atoms with E-state index in [1.807, 2.05) is 13.8 Å². The van der Waals surface area contributed by atoms with Gasteiger partial charge in [-0.25, -0.2) is 29.1 Å². The molecule has 318 valence electrons. The predicted molar refractivity (Wildman–Crippen MR) is 181 cm³/mol. The smallest absolute Gasteiger partial charge is 0.449 e. The Hall–Kier alpha value is -3.42. The first kappa shape index (κ1) is 40.0. The third kappa shape index (κ3) is 6.09. The standard InChI is InChI=1S/C40H44F6O12/c1-19-9-11-27-23(29(39(41,42)43)51-33-37(27)25(19)13-15-35(3,53-33)55-57-37)17-49-31(47)21-7-5-6-8-22(21)32(48)50-18-24-28-12-10-20(2)26-14-16-36(4)54-34(38(26,28)58-56-36)52-30(24)40(44,45)46/h5-8,19-20,25-28,33-34H,9-18H2,1-4H3/t19-,20-,25?,26?,27+,28+,33-,34-,35?,36?,37-,38-/m1/s1. The molecule has 12 atom stereocenters. The van der Waals surface area contributed by atoms with Crippen molar-refractivity contribution >= 4 is 11.9 Å². The van der Waals surface area contributed by atoms with Crippen molar-refractivity contribution in [3.63, 3.8) is 0 Å². The fraction of sp³-hybridized carbons (Fsp3) is 0.700. The number of carbonyl (C=O) groups is 2. The molecule has 6 saturated heterocycles. The van der Waals surface area contributed by atoms with Crippen molar-refractivity contribution < 1.29 is 83.9 Å². The Kier molecular flexibility index (Phi) is 9.34. The summed E-state index contributed by atoms with van der Waals surface area (Å²) in [5, 5.41) is 0. The number of benzene rings is 1. The van der Waals surface area contributed by atoms with E-state index < -0.39 is 96.2 Å². The van der Waals surface area contributed by atoms with Crippen LogP contribution >= 0.6 is 0 Å². The zero-order chi connectivity index (χ0) is 41.2. The zero-order valence-electron chi connectivity index (χ0n) is 32.2. The minimum atomic E-state index is -5.00. The molecule has 1 aromatic carbocycles. The molecule has 8 heterocycles. The zero-order valence-corrected chi connectivity index (χ0v) is 32.2. The summed E-state index contributed by atoms with van der Waals surface area (Å²) in [6.45, 7) is 5.35. The molecule has 1 aromatic rings. The quantitative estimate of drug-likeness (QED) is 0.156. The predicted octanol–water partition coefficient (Wildman–Crippen LogP) is 8.12. The molecule has 4 bridgehead atoms. The van der Waals surface area contributed by atoms with Gasteiger partial charge in [0.25, 0.3) is 0 Å². The Morgan fingerprint density at radius 3 is 1.41 bits per heavy atom. The number of ether oxygens (including phenoxy) is 6. The Balaban J connectivity index is 0.977. The normalized spacial score (nSPS) is 41.7. The molecule has 2 saturated carbocycles. The van der Waals surface area contributed by atoms with Crippen LogP contribution in [-0.2, 0) is 48.0 Å². The molecule has 12 nitrogen and oxygen atoms in total. The molecule has 8 aliphatic heterocycles. The number of halogens is 6. The maximum atomic E-state index is 14.7. The van der Waals surface area contributed by atoms with Gasteiger partial charge in [0.2, 0.25) is 35.7 Å². The van der Waals surface area contributed by atoms with E-state index in [1.165, 1.54) is 24.3 Å². The fourth-order valence-corrected chi connectivity index (χ4v) is 11.1. The highest BCUT2D eigenvalue weighted by atomic mass is 19.4. The van der Waals surface area contributed by atoms with Gasteiger partial charge in [-0.05, 0) is 76.3 Å². The first-order valence-corrected chi connectivity index (χ1v) is 19.8. The van der Waals surface area contributed by atoms with E-state index in [4.69, 9.17) is 48.0 Å². The summed E-state index contributed by atoms with van der Waals surface area (Å²) in [6.07, 6.45) is -9.57. The monoisotopic (exact) mass is 830 g/mol. The van der Waals surface area contributed by atoms with Crippen LogP contribution < -0.4 is 0 Å². The third-order valence-corrected chi connectivity index (χ3v) is 13.9. The van der Waals surface area contributed by atoms with Crippen molar-refractivity contribution in [2.24, 2.45) is 35.5 Å². The first-order valence-electron chi connectivity index (χ1n) is 19.8. The SMILES string of the molecule is C[C@@H]1CC[C@H]2C(COC(=O)c3ccccc3C(=O)OCC3=C(C(F)(F)F)O[C@@H]4OC5(C)CCC6[C@H](C)CC[C@@H]3[C@]64OO5)=C(C(F)(F)F)O[C@@H]3OC4(C)CCC1[C@]32OO4.